The molecule has 2 aliphatic rings. The van der Waals surface area contributed by atoms with Gasteiger partial charge in [-0.3, -0.25) is 4.79 Å². The quantitative estimate of drug-likeness (QED) is 0.921. The zero-order valence-corrected chi connectivity index (χ0v) is 13.9. The molecule has 4 rings (SSSR count). The summed E-state index contributed by atoms with van der Waals surface area (Å²) in [4.78, 5) is 14.8. The van der Waals surface area contributed by atoms with Crippen molar-refractivity contribution in [2.24, 2.45) is 17.8 Å². The molecular weight excluding hydrogens is 298 g/mol. The Hall–Kier alpha value is -2.29. The Bertz CT molecular complexity index is 713. The number of rotatable bonds is 3. The number of anilines is 1. The SMILES string of the molecule is CN(C(=O)C1[C@@H]2CCC[C@@H]1C2c1ccccc1)c1ccc(O)cc1. The largest absolute Gasteiger partial charge is 0.508 e. The Labute approximate surface area is 142 Å². The van der Waals surface area contributed by atoms with Crippen LogP contribution in [0.5, 0.6) is 5.75 Å². The molecule has 2 saturated carbocycles. The topological polar surface area (TPSA) is 40.5 Å². The number of phenolic OH excluding ortho intramolecular Hbond substituents is 1. The lowest BCUT2D eigenvalue weighted by molar-refractivity contribution is -0.137. The van der Waals surface area contributed by atoms with Crippen molar-refractivity contribution in [2.45, 2.75) is 25.2 Å². The summed E-state index contributed by atoms with van der Waals surface area (Å²) in [6.07, 6.45) is 3.54. The van der Waals surface area contributed by atoms with Crippen LogP contribution in [0.3, 0.4) is 0 Å². The summed E-state index contributed by atoms with van der Waals surface area (Å²) in [5.41, 5.74) is 2.24. The van der Waals surface area contributed by atoms with Gasteiger partial charge in [-0.15, -0.1) is 0 Å². The number of phenols is 1. The minimum Gasteiger partial charge on any atom is -0.508 e. The van der Waals surface area contributed by atoms with Crippen LogP contribution in [0.25, 0.3) is 0 Å². The Kier molecular flexibility index (Phi) is 3.79. The minimum atomic E-state index is 0.141. The molecule has 2 aromatic carbocycles. The third kappa shape index (κ3) is 2.39. The van der Waals surface area contributed by atoms with Crippen LogP contribution in [-0.2, 0) is 4.79 Å². The molecular formula is C21H23NO2. The molecule has 2 aromatic rings. The lowest BCUT2D eigenvalue weighted by Gasteiger charge is -2.56. The smallest absolute Gasteiger partial charge is 0.230 e. The van der Waals surface area contributed by atoms with Gasteiger partial charge in [0.05, 0.1) is 0 Å². The van der Waals surface area contributed by atoms with Gasteiger partial charge in [0.25, 0.3) is 0 Å². The van der Waals surface area contributed by atoms with E-state index in [9.17, 15) is 9.90 Å². The molecule has 0 unspecified atom stereocenters. The fourth-order valence-electron chi connectivity index (χ4n) is 4.81. The number of fused-ring (bicyclic) bond motifs is 2. The third-order valence-electron chi connectivity index (χ3n) is 5.96. The highest BCUT2D eigenvalue weighted by Crippen LogP contribution is 2.60. The normalized spacial score (nSPS) is 28.0. The van der Waals surface area contributed by atoms with E-state index in [1.54, 1.807) is 29.2 Å². The average molecular weight is 321 g/mol. The highest BCUT2D eigenvalue weighted by molar-refractivity contribution is 5.96. The highest BCUT2D eigenvalue weighted by atomic mass is 16.3. The number of amides is 1. The van der Waals surface area contributed by atoms with Crippen molar-refractivity contribution in [1.82, 2.24) is 0 Å². The zero-order valence-electron chi connectivity index (χ0n) is 13.9. The molecule has 0 heterocycles. The van der Waals surface area contributed by atoms with Crippen LogP contribution in [0.2, 0.25) is 0 Å². The summed E-state index contributed by atoms with van der Waals surface area (Å²) in [7, 11) is 1.85. The first-order valence-corrected chi connectivity index (χ1v) is 8.78. The molecule has 1 N–H and O–H groups in total. The van der Waals surface area contributed by atoms with E-state index in [1.165, 1.54) is 12.0 Å². The van der Waals surface area contributed by atoms with Crippen molar-refractivity contribution in [1.29, 1.82) is 0 Å². The molecule has 0 radical (unpaired) electrons. The Morgan fingerprint density at radius 3 is 2.25 bits per heavy atom. The minimum absolute atomic E-state index is 0.141. The maximum atomic E-state index is 13.1. The number of aromatic hydroxyl groups is 1. The van der Waals surface area contributed by atoms with Crippen LogP contribution in [0.4, 0.5) is 5.69 Å². The summed E-state index contributed by atoms with van der Waals surface area (Å²) in [6.45, 7) is 0. The molecule has 24 heavy (non-hydrogen) atoms. The average Bonchev–Trinajstić information content (AvgIpc) is 2.63. The Balaban J connectivity index is 1.55. The fourth-order valence-corrected chi connectivity index (χ4v) is 4.81. The second-order valence-corrected chi connectivity index (χ2v) is 7.13. The van der Waals surface area contributed by atoms with E-state index in [-0.39, 0.29) is 17.6 Å². The van der Waals surface area contributed by atoms with E-state index >= 15 is 0 Å². The highest BCUT2D eigenvalue weighted by Gasteiger charge is 2.56. The van der Waals surface area contributed by atoms with Crippen LogP contribution in [0, 0.1) is 17.8 Å². The van der Waals surface area contributed by atoms with Gasteiger partial charge >= 0.3 is 0 Å². The van der Waals surface area contributed by atoms with Gasteiger partial charge in [-0.25, -0.2) is 0 Å². The number of hydrogen-bond acceptors (Lipinski definition) is 2. The van der Waals surface area contributed by atoms with Crippen molar-refractivity contribution in [3.05, 3.63) is 60.2 Å². The predicted octanol–water partition coefficient (Wildman–Crippen LogP) is 4.18. The van der Waals surface area contributed by atoms with Crippen LogP contribution < -0.4 is 4.90 Å². The molecule has 2 bridgehead atoms. The predicted molar refractivity (Wildman–Crippen MR) is 95.0 cm³/mol. The van der Waals surface area contributed by atoms with Crippen molar-refractivity contribution >= 4 is 11.6 Å². The maximum Gasteiger partial charge on any atom is 0.230 e. The summed E-state index contributed by atoms with van der Waals surface area (Å²) in [5, 5.41) is 9.43. The number of carbonyl (C=O) groups is 1. The molecule has 3 heteroatoms. The van der Waals surface area contributed by atoms with Crippen LogP contribution in [0.1, 0.15) is 30.7 Å². The number of hydrogen-bond donors (Lipinski definition) is 1. The molecule has 1 amide bonds. The van der Waals surface area contributed by atoms with Gasteiger partial charge in [0, 0.05) is 18.7 Å². The molecule has 2 fully saturated rings. The zero-order chi connectivity index (χ0) is 16.7. The van der Waals surface area contributed by atoms with Crippen molar-refractivity contribution < 1.29 is 9.90 Å². The van der Waals surface area contributed by atoms with Crippen molar-refractivity contribution in [2.75, 3.05) is 11.9 Å². The second-order valence-electron chi connectivity index (χ2n) is 7.13. The molecule has 0 saturated heterocycles. The molecule has 3 nitrogen and oxygen atoms in total. The summed E-state index contributed by atoms with van der Waals surface area (Å²) in [6, 6.07) is 17.5. The van der Waals surface area contributed by atoms with E-state index in [0.29, 0.717) is 17.8 Å². The lowest BCUT2D eigenvalue weighted by Crippen LogP contribution is -2.55. The first kappa shape index (κ1) is 15.3. The van der Waals surface area contributed by atoms with Crippen LogP contribution in [-0.4, -0.2) is 18.1 Å². The van der Waals surface area contributed by atoms with Gasteiger partial charge in [-0.2, -0.15) is 0 Å². The Morgan fingerprint density at radius 2 is 1.62 bits per heavy atom. The summed E-state index contributed by atoms with van der Waals surface area (Å²) < 4.78 is 0. The summed E-state index contributed by atoms with van der Waals surface area (Å²) in [5.74, 6) is 2.08. The molecule has 2 aliphatic carbocycles. The van der Waals surface area contributed by atoms with Crippen LogP contribution in [0.15, 0.2) is 54.6 Å². The molecule has 2 atom stereocenters. The van der Waals surface area contributed by atoms with Gasteiger partial charge in [-0.05, 0) is 60.4 Å². The number of nitrogens with zero attached hydrogens (tertiary/aromatic N) is 1. The van der Waals surface area contributed by atoms with E-state index in [4.69, 9.17) is 0 Å². The van der Waals surface area contributed by atoms with Crippen molar-refractivity contribution in [3.63, 3.8) is 0 Å². The third-order valence-corrected chi connectivity index (χ3v) is 5.96. The maximum absolute atomic E-state index is 13.1. The van der Waals surface area contributed by atoms with Crippen molar-refractivity contribution in [3.8, 4) is 5.75 Å². The Morgan fingerprint density at radius 1 is 1.00 bits per heavy atom. The van der Waals surface area contributed by atoms with Gasteiger partial charge < -0.3 is 10.0 Å². The first-order valence-electron chi connectivity index (χ1n) is 8.78. The van der Waals surface area contributed by atoms with Gasteiger partial charge in [-0.1, -0.05) is 36.8 Å². The molecule has 0 aromatic heterocycles. The monoisotopic (exact) mass is 321 g/mol. The van der Waals surface area contributed by atoms with Gasteiger partial charge in [0.15, 0.2) is 0 Å². The number of carbonyl (C=O) groups excluding carboxylic acids is 1. The van der Waals surface area contributed by atoms with E-state index in [0.717, 1.165) is 18.5 Å². The standard InChI is InChI=1S/C21H23NO2/c1-22(15-10-12-16(23)13-11-15)21(24)20-17-8-5-9-18(20)19(17)14-6-3-2-4-7-14/h2-4,6-7,10-13,17-20,23H,5,8-9H2,1H3/t17-,18-,19?,20?/m1/s1. The number of benzene rings is 2. The van der Waals surface area contributed by atoms with E-state index in [1.807, 2.05) is 7.05 Å². The van der Waals surface area contributed by atoms with Crippen LogP contribution >= 0.6 is 0 Å². The summed E-state index contributed by atoms with van der Waals surface area (Å²) >= 11 is 0. The van der Waals surface area contributed by atoms with Gasteiger partial charge in [0.1, 0.15) is 5.75 Å². The van der Waals surface area contributed by atoms with E-state index < -0.39 is 0 Å². The lowest BCUT2D eigenvalue weighted by atomic mass is 9.48. The molecule has 0 aliphatic heterocycles. The second kappa shape index (κ2) is 5.97. The fraction of sp³-hybridized carbons (Fsp3) is 0.381. The first-order chi connectivity index (χ1) is 11.7. The molecule has 124 valence electrons. The van der Waals surface area contributed by atoms with E-state index in [2.05, 4.69) is 30.3 Å². The molecule has 0 spiro atoms. The van der Waals surface area contributed by atoms with Gasteiger partial charge in [0.2, 0.25) is 5.91 Å².